The predicted molar refractivity (Wildman–Crippen MR) is 155 cm³/mol. The van der Waals surface area contributed by atoms with Crippen LogP contribution < -0.4 is 5.32 Å². The van der Waals surface area contributed by atoms with Crippen LogP contribution in [-0.2, 0) is 20.0 Å². The Kier molecular flexibility index (Phi) is 6.79. The van der Waals surface area contributed by atoms with Crippen molar-refractivity contribution in [3.8, 4) is 11.3 Å². The maximum absolute atomic E-state index is 15.0. The van der Waals surface area contributed by atoms with E-state index in [1.54, 1.807) is 31.3 Å². The molecule has 2 aliphatic rings. The number of carbonyl (C=O) groups excluding carboxylic acids is 3. The van der Waals surface area contributed by atoms with Crippen LogP contribution in [0.15, 0.2) is 67.0 Å². The molecule has 0 unspecified atom stereocenters. The molecule has 7 rings (SSSR count). The molecule has 0 spiro atoms. The van der Waals surface area contributed by atoms with Crippen molar-refractivity contribution in [2.75, 3.05) is 5.32 Å². The Morgan fingerprint density at radius 3 is 2.47 bits per heavy atom. The number of imide groups is 1. The minimum atomic E-state index is -0.687. The number of anilines is 1. The fourth-order valence-corrected chi connectivity index (χ4v) is 6.01. The van der Waals surface area contributed by atoms with E-state index in [1.807, 2.05) is 0 Å². The Morgan fingerprint density at radius 1 is 0.956 bits per heavy atom. The quantitative estimate of drug-likeness (QED) is 0.268. The summed E-state index contributed by atoms with van der Waals surface area (Å²) in [6.07, 6.45) is 4.69. The molecule has 0 saturated carbocycles. The molecule has 1 aliphatic heterocycles. The summed E-state index contributed by atoms with van der Waals surface area (Å²) in [6.45, 7) is -0.216. The molecule has 0 radical (unpaired) electrons. The Labute approximate surface area is 254 Å². The lowest BCUT2D eigenvalue weighted by atomic mass is 9.87. The molecule has 1 atom stereocenters. The number of rotatable bonds is 6. The predicted octanol–water partition coefficient (Wildman–Crippen LogP) is 5.07. The normalized spacial score (nSPS) is 15.7. The molecule has 10 nitrogen and oxygen atoms in total. The van der Waals surface area contributed by atoms with E-state index in [-0.39, 0.29) is 45.9 Å². The standard InChI is InChI=1S/C32H24F3N7O3/c1-40-14-24(28(38-40)15-41-31(44)20-5-2-3-6-21(20)32(41)45)30(43)36-18-9-10-25(34)23(13-18)27-16-42(39-37-27)29-8-4-7-19-22(29)11-17(33)12-26(19)35/h2-3,5-6,9-14,16,29H,4,7-8,15H2,1H3,(H,36,43)/t29-/m0/s1. The number of aryl methyl sites for hydroxylation is 1. The van der Waals surface area contributed by atoms with Crippen LogP contribution in [0.1, 0.15) is 66.8 Å². The van der Waals surface area contributed by atoms with Crippen molar-refractivity contribution in [2.45, 2.75) is 31.8 Å². The lowest BCUT2D eigenvalue weighted by Crippen LogP contribution is -2.30. The first-order chi connectivity index (χ1) is 21.7. The largest absolute Gasteiger partial charge is 0.322 e. The van der Waals surface area contributed by atoms with Crippen molar-refractivity contribution in [3.05, 3.63) is 118 Å². The molecule has 45 heavy (non-hydrogen) atoms. The average molecular weight is 612 g/mol. The van der Waals surface area contributed by atoms with Gasteiger partial charge in [-0.05, 0) is 66.8 Å². The van der Waals surface area contributed by atoms with Gasteiger partial charge in [0.1, 0.15) is 23.1 Å². The second-order valence-corrected chi connectivity index (χ2v) is 11.0. The third-order valence-electron chi connectivity index (χ3n) is 8.12. The number of nitrogens with zero attached hydrogens (tertiary/aromatic N) is 6. The number of carbonyl (C=O) groups is 3. The van der Waals surface area contributed by atoms with E-state index >= 15 is 4.39 Å². The molecular formula is C32H24F3N7O3. The highest BCUT2D eigenvalue weighted by Gasteiger charge is 2.36. The molecule has 0 saturated heterocycles. The SMILES string of the molecule is Cn1cc(C(=O)Nc2ccc(F)c(-c3cn([C@H]4CCCc5c(F)cc(F)cc54)nn3)c2)c(CN2C(=O)c3ccccc3C2=O)n1. The van der Waals surface area contributed by atoms with Crippen LogP contribution in [0, 0.1) is 17.5 Å². The molecule has 3 amide bonds. The molecule has 2 aromatic heterocycles. The fraction of sp³-hybridized carbons (Fsp3) is 0.188. The molecule has 0 bridgehead atoms. The van der Waals surface area contributed by atoms with Crippen molar-refractivity contribution in [2.24, 2.45) is 7.05 Å². The zero-order chi connectivity index (χ0) is 31.4. The highest BCUT2D eigenvalue weighted by atomic mass is 19.1. The molecule has 0 fully saturated rings. The monoisotopic (exact) mass is 611 g/mol. The van der Waals surface area contributed by atoms with Crippen LogP contribution >= 0.6 is 0 Å². The first-order valence-electron chi connectivity index (χ1n) is 14.2. The van der Waals surface area contributed by atoms with E-state index in [0.29, 0.717) is 30.4 Å². The van der Waals surface area contributed by atoms with E-state index in [0.717, 1.165) is 11.0 Å². The molecule has 13 heteroatoms. The van der Waals surface area contributed by atoms with Crippen molar-refractivity contribution in [1.29, 1.82) is 0 Å². The second kappa shape index (κ2) is 10.8. The minimum absolute atomic E-state index is 0.0536. The summed E-state index contributed by atoms with van der Waals surface area (Å²) in [5.41, 5.74) is 2.27. The Bertz CT molecular complexity index is 2000. The smallest absolute Gasteiger partial charge is 0.261 e. The van der Waals surface area contributed by atoms with E-state index in [2.05, 4.69) is 20.7 Å². The molecule has 3 aromatic carbocycles. The van der Waals surface area contributed by atoms with Gasteiger partial charge in [0.15, 0.2) is 0 Å². The number of fused-ring (bicyclic) bond motifs is 2. The third-order valence-corrected chi connectivity index (χ3v) is 8.12. The lowest BCUT2D eigenvalue weighted by Gasteiger charge is -2.25. The minimum Gasteiger partial charge on any atom is -0.322 e. The van der Waals surface area contributed by atoms with Crippen LogP contribution in [0.2, 0.25) is 0 Å². The summed E-state index contributed by atoms with van der Waals surface area (Å²) in [5, 5.41) is 15.3. The third kappa shape index (κ3) is 4.95. The zero-order valence-corrected chi connectivity index (χ0v) is 23.8. The van der Waals surface area contributed by atoms with E-state index < -0.39 is 41.2 Å². The Hall–Kier alpha value is -5.59. The van der Waals surface area contributed by atoms with Gasteiger partial charge in [0.2, 0.25) is 0 Å². The maximum atomic E-state index is 15.0. The first-order valence-corrected chi connectivity index (χ1v) is 14.2. The second-order valence-electron chi connectivity index (χ2n) is 11.0. The van der Waals surface area contributed by atoms with E-state index in [1.165, 1.54) is 46.0 Å². The van der Waals surface area contributed by atoms with Gasteiger partial charge in [-0.3, -0.25) is 24.0 Å². The average Bonchev–Trinajstić information content (AvgIpc) is 3.72. The number of aromatic nitrogens is 5. The molecule has 1 N–H and O–H groups in total. The Morgan fingerprint density at radius 2 is 1.71 bits per heavy atom. The van der Waals surface area contributed by atoms with E-state index in [9.17, 15) is 23.2 Å². The number of benzene rings is 3. The van der Waals surface area contributed by atoms with Crippen LogP contribution in [0.5, 0.6) is 0 Å². The van der Waals surface area contributed by atoms with Crippen LogP contribution in [0.3, 0.4) is 0 Å². The maximum Gasteiger partial charge on any atom is 0.261 e. The van der Waals surface area contributed by atoms with Crippen molar-refractivity contribution >= 4 is 23.4 Å². The summed E-state index contributed by atoms with van der Waals surface area (Å²) in [7, 11) is 1.61. The van der Waals surface area contributed by atoms with Gasteiger partial charge >= 0.3 is 0 Å². The zero-order valence-electron chi connectivity index (χ0n) is 23.8. The van der Waals surface area contributed by atoms with Crippen molar-refractivity contribution < 1.29 is 27.6 Å². The van der Waals surface area contributed by atoms with Gasteiger partial charge in [-0.25, -0.2) is 17.9 Å². The van der Waals surface area contributed by atoms with Crippen LogP contribution in [-0.4, -0.2) is 47.4 Å². The van der Waals surface area contributed by atoms with Crippen molar-refractivity contribution in [1.82, 2.24) is 29.7 Å². The van der Waals surface area contributed by atoms with Gasteiger partial charge in [-0.15, -0.1) is 5.10 Å². The summed E-state index contributed by atoms with van der Waals surface area (Å²) in [5.74, 6) is -3.45. The van der Waals surface area contributed by atoms with Crippen LogP contribution in [0.4, 0.5) is 18.9 Å². The van der Waals surface area contributed by atoms with Crippen molar-refractivity contribution in [3.63, 3.8) is 0 Å². The van der Waals surface area contributed by atoms with Gasteiger partial charge in [0, 0.05) is 30.6 Å². The summed E-state index contributed by atoms with van der Waals surface area (Å²) in [4.78, 5) is 40.2. The van der Waals surface area contributed by atoms with E-state index in [4.69, 9.17) is 0 Å². The van der Waals surface area contributed by atoms with Crippen LogP contribution in [0.25, 0.3) is 11.3 Å². The molecule has 5 aromatic rings. The number of hydrogen-bond donors (Lipinski definition) is 1. The highest BCUT2D eigenvalue weighted by Crippen LogP contribution is 2.35. The highest BCUT2D eigenvalue weighted by molar-refractivity contribution is 6.21. The molecule has 3 heterocycles. The molecule has 1 aliphatic carbocycles. The Balaban J connectivity index is 1.12. The number of nitrogens with one attached hydrogen (secondary N) is 1. The topological polar surface area (TPSA) is 115 Å². The number of amides is 3. The molecular weight excluding hydrogens is 587 g/mol. The fourth-order valence-electron chi connectivity index (χ4n) is 6.01. The molecule has 226 valence electrons. The summed E-state index contributed by atoms with van der Waals surface area (Å²) >= 11 is 0. The lowest BCUT2D eigenvalue weighted by molar-refractivity contribution is 0.0638. The van der Waals surface area contributed by atoms with Gasteiger partial charge in [0.25, 0.3) is 17.7 Å². The van der Waals surface area contributed by atoms with Gasteiger partial charge in [-0.1, -0.05) is 17.3 Å². The number of hydrogen-bond acceptors (Lipinski definition) is 6. The summed E-state index contributed by atoms with van der Waals surface area (Å²) in [6, 6.07) is 12.1. The summed E-state index contributed by atoms with van der Waals surface area (Å²) < 4.78 is 46.4. The number of halogens is 3. The van der Waals surface area contributed by atoms with Gasteiger partial charge in [0.05, 0.1) is 41.2 Å². The van der Waals surface area contributed by atoms with Gasteiger partial charge in [-0.2, -0.15) is 5.10 Å². The first kappa shape index (κ1) is 28.2. The van der Waals surface area contributed by atoms with Gasteiger partial charge < -0.3 is 5.32 Å².